The van der Waals surface area contributed by atoms with E-state index < -0.39 is 48.1 Å². The van der Waals surface area contributed by atoms with Crippen LogP contribution >= 0.6 is 11.3 Å². The van der Waals surface area contributed by atoms with Crippen LogP contribution in [-0.4, -0.2) is 105 Å². The highest BCUT2D eigenvalue weighted by Crippen LogP contribution is 2.35. The van der Waals surface area contributed by atoms with Crippen molar-refractivity contribution in [3.8, 4) is 0 Å². The van der Waals surface area contributed by atoms with Crippen molar-refractivity contribution >= 4 is 46.8 Å². The Morgan fingerprint density at radius 1 is 0.804 bits per heavy atom. The number of aliphatic imine (C=N–C) groups is 1. The number of hydrogen-bond donors (Lipinski definition) is 3. The molecular formula is C41H51N7O7S. The Kier molecular flexibility index (Phi) is 12.8. The molecule has 2 fully saturated rings. The summed E-state index contributed by atoms with van der Waals surface area (Å²) in [5, 5.41) is 11.4. The van der Waals surface area contributed by atoms with Crippen molar-refractivity contribution in [2.45, 2.75) is 108 Å². The Balaban J connectivity index is 0.00000532. The van der Waals surface area contributed by atoms with Gasteiger partial charge in [-0.2, -0.15) is 0 Å². The molecule has 4 aliphatic heterocycles. The van der Waals surface area contributed by atoms with E-state index in [4.69, 9.17) is 14.7 Å². The Bertz CT molecular complexity index is 1920. The molecule has 56 heavy (non-hydrogen) atoms. The van der Waals surface area contributed by atoms with E-state index in [1.807, 2.05) is 74.5 Å². The third-order valence-corrected chi connectivity index (χ3v) is 12.2. The zero-order valence-electron chi connectivity index (χ0n) is 32.0. The first-order valence-electron chi connectivity index (χ1n) is 19.4. The predicted molar refractivity (Wildman–Crippen MR) is 211 cm³/mol. The molecule has 8 atom stereocenters. The lowest BCUT2D eigenvalue weighted by atomic mass is 9.98. The van der Waals surface area contributed by atoms with Crippen molar-refractivity contribution < 1.29 is 34.2 Å². The molecule has 15 heteroatoms. The molecule has 0 radical (unpaired) electrons. The first-order valence-corrected chi connectivity index (χ1v) is 20.3. The largest absolute Gasteiger partial charge is 0.474 e. The number of hydrogen-bond acceptors (Lipinski definition) is 9. The monoisotopic (exact) mass is 785 g/mol. The Hall–Kier alpha value is -5.15. The number of benzene rings is 2. The van der Waals surface area contributed by atoms with Crippen LogP contribution in [0.2, 0.25) is 0 Å². The number of aromatic nitrogens is 1. The highest BCUT2D eigenvalue weighted by Gasteiger charge is 2.44. The van der Waals surface area contributed by atoms with Crippen molar-refractivity contribution in [3.63, 3.8) is 0 Å². The fourth-order valence-electron chi connectivity index (χ4n) is 8.01. The van der Waals surface area contributed by atoms with E-state index in [0.717, 1.165) is 17.5 Å². The smallest absolute Gasteiger partial charge is 0.271 e. The number of nitrogens with zero attached hydrogens (tertiary/aromatic N) is 4. The summed E-state index contributed by atoms with van der Waals surface area (Å²) >= 11 is 1.29. The van der Waals surface area contributed by atoms with Gasteiger partial charge < -0.3 is 36.0 Å². The standard InChI is InChI=1S/C41H49N7O6S.H2O/c1-4-24(2)33-38-46-34(25(3)54-38)37(51)43-29(22-27-15-9-6-10-16-27)41(53)48-20-12-18-32(48)39-44-30(23-55-39)35(49)42-28(21-26-13-7-5-8-14-26)40(52)47-19-11-17-31(47)36(50)45-33;/h5-10,13-16,23-25,28-29,31-34H,4,11-12,17-22H2,1-3H3,(H,42,49)(H,43,51)(H,45,50);1H2/t24-,25+,28-,29-,31-,32-,33-,34-;/m0./s1. The van der Waals surface area contributed by atoms with E-state index in [-0.39, 0.29) is 59.6 Å². The molecule has 5 heterocycles. The van der Waals surface area contributed by atoms with Crippen LogP contribution in [0.15, 0.2) is 71.0 Å². The maximum absolute atomic E-state index is 14.5. The molecule has 5 N–H and O–H groups in total. The number of amides is 5. The number of ether oxygens (including phenoxy) is 1. The summed E-state index contributed by atoms with van der Waals surface area (Å²) < 4.78 is 6.23. The van der Waals surface area contributed by atoms with Gasteiger partial charge in [-0.3, -0.25) is 24.0 Å². The fourth-order valence-corrected chi connectivity index (χ4v) is 8.96. The summed E-state index contributed by atoms with van der Waals surface area (Å²) in [5.41, 5.74) is 1.90. The summed E-state index contributed by atoms with van der Waals surface area (Å²) in [6, 6.07) is 14.4. The molecule has 5 amide bonds. The minimum Gasteiger partial charge on any atom is -0.474 e. The van der Waals surface area contributed by atoms with Crippen molar-refractivity contribution in [2.24, 2.45) is 10.9 Å². The van der Waals surface area contributed by atoms with Crippen LogP contribution in [0.25, 0.3) is 0 Å². The van der Waals surface area contributed by atoms with Crippen LogP contribution in [-0.2, 0) is 36.8 Å². The third-order valence-electron chi connectivity index (χ3n) is 11.3. The molecule has 2 aromatic carbocycles. The number of fused-ring (bicyclic) bond motifs is 6. The SMILES string of the molecule is CC[C@H](C)[C@@H]1NC(=O)[C@@H]2CCCN2C(=O)[C@H](Cc2ccccc2)NC(=O)c2csc(n2)[C@@H]2CCCN2C(=O)[C@H](Cc2ccccc2)NC(=O)[C@H]2N=C1O[C@@H]2C.O. The second-order valence-electron chi connectivity index (χ2n) is 15.0. The van der Waals surface area contributed by atoms with E-state index >= 15 is 0 Å². The minimum absolute atomic E-state index is 0. The van der Waals surface area contributed by atoms with Crippen LogP contribution in [0.4, 0.5) is 0 Å². The van der Waals surface area contributed by atoms with Gasteiger partial charge in [-0.15, -0.1) is 11.3 Å². The van der Waals surface area contributed by atoms with Crippen LogP contribution in [0.3, 0.4) is 0 Å². The molecule has 0 unspecified atom stereocenters. The fraction of sp³-hybridized carbons (Fsp3) is 0.488. The second-order valence-corrected chi connectivity index (χ2v) is 15.9. The lowest BCUT2D eigenvalue weighted by Gasteiger charge is -2.31. The molecule has 1 aromatic heterocycles. The van der Waals surface area contributed by atoms with E-state index in [1.165, 1.54) is 11.3 Å². The maximum Gasteiger partial charge on any atom is 0.271 e. The highest BCUT2D eigenvalue weighted by molar-refractivity contribution is 7.09. The topological polar surface area (TPSA) is 194 Å². The number of carbonyl (C=O) groups is 5. The number of nitrogens with one attached hydrogen (secondary N) is 3. The predicted octanol–water partition coefficient (Wildman–Crippen LogP) is 2.77. The van der Waals surface area contributed by atoms with E-state index in [2.05, 4.69) is 16.0 Å². The lowest BCUT2D eigenvalue weighted by molar-refractivity contribution is -0.140. The molecule has 0 aliphatic carbocycles. The van der Waals surface area contributed by atoms with Gasteiger partial charge in [0.1, 0.15) is 41.0 Å². The van der Waals surface area contributed by atoms with Crippen LogP contribution < -0.4 is 16.0 Å². The van der Waals surface area contributed by atoms with Crippen molar-refractivity contribution in [1.29, 1.82) is 0 Å². The number of rotatable bonds is 6. The lowest BCUT2D eigenvalue weighted by Crippen LogP contribution is -2.56. The summed E-state index contributed by atoms with van der Waals surface area (Å²) in [5.74, 6) is -1.78. The molecule has 4 bridgehead atoms. The molecule has 3 aromatic rings. The highest BCUT2D eigenvalue weighted by atomic mass is 32.1. The quantitative estimate of drug-likeness (QED) is 0.342. The van der Waals surface area contributed by atoms with Gasteiger partial charge in [-0.05, 0) is 49.7 Å². The van der Waals surface area contributed by atoms with Gasteiger partial charge in [0.25, 0.3) is 5.91 Å². The van der Waals surface area contributed by atoms with Crippen molar-refractivity contribution in [1.82, 2.24) is 30.7 Å². The van der Waals surface area contributed by atoms with Crippen LogP contribution in [0, 0.1) is 5.92 Å². The number of carbonyl (C=O) groups excluding carboxylic acids is 5. The molecule has 0 saturated carbocycles. The molecule has 14 nitrogen and oxygen atoms in total. The average Bonchev–Trinajstić information content (AvgIpc) is 4.03. The van der Waals surface area contributed by atoms with E-state index in [1.54, 1.807) is 22.1 Å². The van der Waals surface area contributed by atoms with Gasteiger partial charge in [-0.1, -0.05) is 80.9 Å². The minimum atomic E-state index is -0.961. The number of thiazole rings is 1. The first kappa shape index (κ1) is 40.5. The van der Waals surface area contributed by atoms with Crippen molar-refractivity contribution in [3.05, 3.63) is 87.9 Å². The van der Waals surface area contributed by atoms with Gasteiger partial charge in [0.05, 0.1) is 6.04 Å². The molecular weight excluding hydrogens is 735 g/mol. The Labute approximate surface area is 330 Å². The first-order chi connectivity index (χ1) is 26.6. The van der Waals surface area contributed by atoms with Gasteiger partial charge in [-0.25, -0.2) is 9.98 Å². The Morgan fingerprint density at radius 2 is 1.38 bits per heavy atom. The maximum atomic E-state index is 14.5. The molecule has 2 saturated heterocycles. The van der Waals surface area contributed by atoms with Gasteiger partial charge in [0.15, 0.2) is 6.04 Å². The summed E-state index contributed by atoms with van der Waals surface area (Å²) in [6.45, 7) is 6.57. The normalized spacial score (nSPS) is 27.7. The van der Waals surface area contributed by atoms with Gasteiger partial charge in [0.2, 0.25) is 29.5 Å². The zero-order chi connectivity index (χ0) is 38.6. The summed E-state index contributed by atoms with van der Waals surface area (Å²) in [4.78, 5) is 83.8. The molecule has 0 spiro atoms. The van der Waals surface area contributed by atoms with Crippen molar-refractivity contribution in [2.75, 3.05) is 13.1 Å². The zero-order valence-corrected chi connectivity index (χ0v) is 32.8. The summed E-state index contributed by atoms with van der Waals surface area (Å²) in [6.07, 6.45) is 2.98. The molecule has 298 valence electrons. The third kappa shape index (κ3) is 8.63. The van der Waals surface area contributed by atoms with E-state index in [0.29, 0.717) is 43.8 Å². The molecule has 4 aliphatic rings. The van der Waals surface area contributed by atoms with Crippen LogP contribution in [0.1, 0.15) is 85.5 Å². The molecule has 7 rings (SSSR count). The average molecular weight is 786 g/mol. The van der Waals surface area contributed by atoms with Gasteiger partial charge in [0, 0.05) is 31.3 Å². The van der Waals surface area contributed by atoms with Crippen LogP contribution in [0.5, 0.6) is 0 Å². The van der Waals surface area contributed by atoms with E-state index in [9.17, 15) is 24.0 Å². The second kappa shape index (κ2) is 17.8. The van der Waals surface area contributed by atoms with Gasteiger partial charge >= 0.3 is 0 Å². The summed E-state index contributed by atoms with van der Waals surface area (Å²) in [7, 11) is 0. The Morgan fingerprint density at radius 3 is 1.98 bits per heavy atom.